The Morgan fingerprint density at radius 2 is 1.95 bits per heavy atom. The number of fused-ring (bicyclic) bond motifs is 1. The molecule has 0 amide bonds. The fourth-order valence-electron chi connectivity index (χ4n) is 2.40. The van der Waals surface area contributed by atoms with Crippen LogP contribution < -0.4 is 5.32 Å². The Morgan fingerprint density at radius 3 is 2.65 bits per heavy atom. The maximum atomic E-state index is 5.18. The molecule has 1 heterocycles. The van der Waals surface area contributed by atoms with Crippen LogP contribution in [-0.4, -0.2) is 23.8 Å². The summed E-state index contributed by atoms with van der Waals surface area (Å²) in [6.45, 7) is 9.30. The van der Waals surface area contributed by atoms with Crippen molar-refractivity contribution >= 4 is 10.9 Å². The zero-order valence-electron chi connectivity index (χ0n) is 13.1. The van der Waals surface area contributed by atoms with Crippen molar-refractivity contribution in [2.45, 2.75) is 45.8 Å². The van der Waals surface area contributed by atoms with Crippen molar-refractivity contribution in [1.82, 2.24) is 9.88 Å². The van der Waals surface area contributed by atoms with Gasteiger partial charge in [-0.05, 0) is 44.7 Å². The first-order valence-corrected chi connectivity index (χ1v) is 7.32. The fourth-order valence-corrected chi connectivity index (χ4v) is 2.40. The molecule has 1 N–H and O–H groups in total. The van der Waals surface area contributed by atoms with Crippen molar-refractivity contribution in [3.05, 3.63) is 36.0 Å². The van der Waals surface area contributed by atoms with E-state index >= 15 is 0 Å². The summed E-state index contributed by atoms with van der Waals surface area (Å²) in [6.07, 6.45) is 1.04. The quantitative estimate of drug-likeness (QED) is 0.815. The molecule has 1 aromatic carbocycles. The lowest BCUT2D eigenvalue weighted by atomic mass is 10.1. The van der Waals surface area contributed by atoms with Gasteiger partial charge < -0.3 is 14.6 Å². The molecule has 1 aromatic heterocycles. The molecule has 2 aromatic rings. The van der Waals surface area contributed by atoms with E-state index in [1.54, 1.807) is 7.11 Å². The highest BCUT2D eigenvalue weighted by Gasteiger charge is 2.12. The van der Waals surface area contributed by atoms with E-state index < -0.39 is 0 Å². The minimum Gasteiger partial charge on any atom is -0.385 e. The van der Waals surface area contributed by atoms with E-state index in [0.29, 0.717) is 0 Å². The molecule has 0 saturated carbocycles. The summed E-state index contributed by atoms with van der Waals surface area (Å²) in [5.41, 5.74) is 2.79. The van der Waals surface area contributed by atoms with Gasteiger partial charge in [0.1, 0.15) is 0 Å². The van der Waals surface area contributed by atoms with Crippen LogP contribution >= 0.6 is 0 Å². The minimum absolute atomic E-state index is 0.133. The molecule has 0 spiro atoms. The van der Waals surface area contributed by atoms with Crippen molar-refractivity contribution in [2.24, 2.45) is 0 Å². The number of aryl methyl sites for hydroxylation is 1. The number of aromatic nitrogens is 1. The lowest BCUT2D eigenvalue weighted by Gasteiger charge is -2.21. The second-order valence-electron chi connectivity index (χ2n) is 6.30. The van der Waals surface area contributed by atoms with Gasteiger partial charge in [0.2, 0.25) is 0 Å². The number of hydrogen-bond acceptors (Lipinski definition) is 2. The maximum Gasteiger partial charge on any atom is 0.0482 e. The van der Waals surface area contributed by atoms with Crippen molar-refractivity contribution in [1.29, 1.82) is 0 Å². The molecule has 3 nitrogen and oxygen atoms in total. The van der Waals surface area contributed by atoms with E-state index in [1.165, 1.54) is 16.6 Å². The smallest absolute Gasteiger partial charge is 0.0482 e. The van der Waals surface area contributed by atoms with E-state index in [0.717, 1.165) is 26.1 Å². The molecule has 0 saturated heterocycles. The Balaban J connectivity index is 2.24. The fraction of sp³-hybridized carbons (Fsp3) is 0.529. The summed E-state index contributed by atoms with van der Waals surface area (Å²) < 4.78 is 7.59. The highest BCUT2D eigenvalue weighted by molar-refractivity contribution is 5.81. The molecule has 0 aliphatic carbocycles. The van der Waals surface area contributed by atoms with E-state index in [4.69, 9.17) is 4.74 Å². The molecule has 0 bridgehead atoms. The van der Waals surface area contributed by atoms with Gasteiger partial charge in [-0.2, -0.15) is 0 Å². The number of hydrogen-bond donors (Lipinski definition) is 1. The Hall–Kier alpha value is -1.32. The Morgan fingerprint density at radius 1 is 1.20 bits per heavy atom. The van der Waals surface area contributed by atoms with E-state index in [2.05, 4.69) is 61.0 Å². The van der Waals surface area contributed by atoms with Crippen LogP contribution in [0, 0.1) is 0 Å². The number of rotatable bonds is 6. The van der Waals surface area contributed by atoms with Gasteiger partial charge in [0.25, 0.3) is 0 Å². The first kappa shape index (κ1) is 15.1. The summed E-state index contributed by atoms with van der Waals surface area (Å²) in [6, 6.07) is 10.9. The number of ether oxygens (including phenoxy) is 1. The SMILES string of the molecule is COCCCn1c(CNC(C)(C)C)cc2ccccc21. The van der Waals surface area contributed by atoms with Gasteiger partial charge in [0, 0.05) is 43.6 Å². The lowest BCUT2D eigenvalue weighted by Crippen LogP contribution is -2.35. The minimum atomic E-state index is 0.133. The summed E-state index contributed by atoms with van der Waals surface area (Å²) in [5, 5.41) is 4.89. The lowest BCUT2D eigenvalue weighted by molar-refractivity contribution is 0.190. The number of nitrogens with one attached hydrogen (secondary N) is 1. The van der Waals surface area contributed by atoms with Gasteiger partial charge in [-0.15, -0.1) is 0 Å². The van der Waals surface area contributed by atoms with Crippen LogP contribution in [0.5, 0.6) is 0 Å². The number of methoxy groups -OCH3 is 1. The predicted molar refractivity (Wildman–Crippen MR) is 85.0 cm³/mol. The third kappa shape index (κ3) is 3.84. The van der Waals surface area contributed by atoms with E-state index in [9.17, 15) is 0 Å². The third-order valence-electron chi connectivity index (χ3n) is 3.43. The third-order valence-corrected chi connectivity index (χ3v) is 3.43. The average molecular weight is 274 g/mol. The number of nitrogens with zero attached hydrogens (tertiary/aromatic N) is 1. The van der Waals surface area contributed by atoms with Crippen molar-refractivity contribution < 1.29 is 4.74 Å². The summed E-state index contributed by atoms with van der Waals surface area (Å²) >= 11 is 0. The zero-order valence-corrected chi connectivity index (χ0v) is 13.1. The van der Waals surface area contributed by atoms with Crippen molar-refractivity contribution in [3.63, 3.8) is 0 Å². The highest BCUT2D eigenvalue weighted by atomic mass is 16.5. The van der Waals surface area contributed by atoms with Crippen molar-refractivity contribution in [3.8, 4) is 0 Å². The average Bonchev–Trinajstić information content (AvgIpc) is 2.74. The summed E-state index contributed by atoms with van der Waals surface area (Å²) in [7, 11) is 1.76. The molecule has 0 fully saturated rings. The molecule has 0 unspecified atom stereocenters. The highest BCUT2D eigenvalue weighted by Crippen LogP contribution is 2.20. The predicted octanol–water partition coefficient (Wildman–Crippen LogP) is 3.57. The molecule has 0 aliphatic rings. The number of benzene rings is 1. The molecule has 0 radical (unpaired) electrons. The number of para-hydroxylation sites is 1. The zero-order chi connectivity index (χ0) is 14.6. The molecule has 2 rings (SSSR count). The second kappa shape index (κ2) is 6.42. The van der Waals surface area contributed by atoms with Gasteiger partial charge in [0.15, 0.2) is 0 Å². The van der Waals surface area contributed by atoms with Gasteiger partial charge in [-0.25, -0.2) is 0 Å². The maximum absolute atomic E-state index is 5.18. The molecular weight excluding hydrogens is 248 g/mol. The van der Waals surface area contributed by atoms with Gasteiger partial charge in [-0.3, -0.25) is 0 Å². The topological polar surface area (TPSA) is 26.2 Å². The first-order chi connectivity index (χ1) is 9.51. The van der Waals surface area contributed by atoms with E-state index in [1.807, 2.05) is 0 Å². The monoisotopic (exact) mass is 274 g/mol. The van der Waals surface area contributed by atoms with Crippen LogP contribution in [0.15, 0.2) is 30.3 Å². The summed E-state index contributed by atoms with van der Waals surface area (Å²) in [4.78, 5) is 0. The molecule has 0 atom stereocenters. The molecule has 3 heteroatoms. The Bertz CT molecular complexity index is 552. The van der Waals surface area contributed by atoms with Gasteiger partial charge in [0.05, 0.1) is 0 Å². The largest absolute Gasteiger partial charge is 0.385 e. The van der Waals surface area contributed by atoms with Gasteiger partial charge >= 0.3 is 0 Å². The van der Waals surface area contributed by atoms with Crippen LogP contribution in [0.25, 0.3) is 10.9 Å². The molecule has 20 heavy (non-hydrogen) atoms. The first-order valence-electron chi connectivity index (χ1n) is 7.32. The standard InChI is InChI=1S/C17H26N2O/c1-17(2,3)18-13-15-12-14-8-5-6-9-16(14)19(15)10-7-11-20-4/h5-6,8-9,12,18H,7,10-11,13H2,1-4H3. The van der Waals surface area contributed by atoms with Crippen LogP contribution in [0.1, 0.15) is 32.9 Å². The van der Waals surface area contributed by atoms with Crippen LogP contribution in [0.3, 0.4) is 0 Å². The van der Waals surface area contributed by atoms with Crippen LogP contribution in [0.4, 0.5) is 0 Å². The molecular formula is C17H26N2O. The Kier molecular flexibility index (Phi) is 4.84. The Labute approximate surface area is 121 Å². The van der Waals surface area contributed by atoms with Crippen molar-refractivity contribution in [2.75, 3.05) is 13.7 Å². The van der Waals surface area contributed by atoms with Crippen LogP contribution in [0.2, 0.25) is 0 Å². The van der Waals surface area contributed by atoms with Crippen LogP contribution in [-0.2, 0) is 17.8 Å². The van der Waals surface area contributed by atoms with E-state index in [-0.39, 0.29) is 5.54 Å². The molecule has 110 valence electrons. The molecule has 0 aliphatic heterocycles. The van der Waals surface area contributed by atoms with Gasteiger partial charge in [-0.1, -0.05) is 18.2 Å². The summed E-state index contributed by atoms with van der Waals surface area (Å²) in [5.74, 6) is 0. The second-order valence-corrected chi connectivity index (χ2v) is 6.30. The normalized spacial score (nSPS) is 12.2.